The van der Waals surface area contributed by atoms with E-state index in [9.17, 15) is 5.26 Å². The second-order valence-electron chi connectivity index (χ2n) is 6.93. The second kappa shape index (κ2) is 8.42. The van der Waals surface area contributed by atoms with Gasteiger partial charge >= 0.3 is 0 Å². The van der Waals surface area contributed by atoms with E-state index in [4.69, 9.17) is 43.1 Å². The molecular weight excluding hydrogens is 439 g/mol. The predicted octanol–water partition coefficient (Wildman–Crippen LogP) is 4.83. The highest BCUT2D eigenvalue weighted by atomic mass is 35.5. The molecule has 0 spiro atoms. The highest BCUT2D eigenvalue weighted by Crippen LogP contribution is 2.43. The maximum atomic E-state index is 9.75. The van der Waals surface area contributed by atoms with Crippen LogP contribution in [-0.2, 0) is 6.61 Å². The Labute approximate surface area is 188 Å². The number of aromatic nitrogens is 2. The zero-order valence-electron chi connectivity index (χ0n) is 16.7. The molecule has 3 aromatic rings. The number of nitrogens with one attached hydrogen (secondary N) is 1. The Hall–Kier alpha value is -3.34. The molecule has 0 radical (unpaired) electrons. The van der Waals surface area contributed by atoms with Crippen LogP contribution in [-0.4, -0.2) is 17.3 Å². The number of nitriles is 1. The van der Waals surface area contributed by atoms with Gasteiger partial charge in [-0.2, -0.15) is 5.26 Å². The molecule has 1 aliphatic heterocycles. The Morgan fingerprint density at radius 3 is 2.77 bits per heavy atom. The summed E-state index contributed by atoms with van der Waals surface area (Å²) in [7, 11) is 1.58. The van der Waals surface area contributed by atoms with Crippen molar-refractivity contribution in [3.8, 4) is 23.4 Å². The van der Waals surface area contributed by atoms with Crippen LogP contribution in [0.3, 0.4) is 0 Å². The van der Waals surface area contributed by atoms with Crippen LogP contribution in [0.1, 0.15) is 28.3 Å². The summed E-state index contributed by atoms with van der Waals surface area (Å²) in [5.74, 6) is 1.05. The Morgan fingerprint density at radius 1 is 1.23 bits per heavy atom. The van der Waals surface area contributed by atoms with Crippen LogP contribution in [0.4, 0.5) is 0 Å². The lowest BCUT2D eigenvalue weighted by Gasteiger charge is -2.24. The van der Waals surface area contributed by atoms with Gasteiger partial charge < -0.3 is 19.9 Å². The average Bonchev–Trinajstić information content (AvgIpc) is 3.13. The van der Waals surface area contributed by atoms with E-state index < -0.39 is 5.92 Å². The molecule has 2 heterocycles. The first-order chi connectivity index (χ1) is 14.9. The van der Waals surface area contributed by atoms with Crippen molar-refractivity contribution in [2.75, 3.05) is 7.11 Å². The van der Waals surface area contributed by atoms with E-state index in [1.54, 1.807) is 25.3 Å². The fourth-order valence-corrected chi connectivity index (χ4v) is 3.90. The number of benzene rings is 2. The summed E-state index contributed by atoms with van der Waals surface area (Å²) in [5, 5.41) is 17.8. The van der Waals surface area contributed by atoms with Crippen LogP contribution in [0.5, 0.6) is 17.4 Å². The number of fused-ring (bicyclic) bond motifs is 1. The molecule has 7 nitrogen and oxygen atoms in total. The van der Waals surface area contributed by atoms with E-state index in [1.165, 1.54) is 0 Å². The van der Waals surface area contributed by atoms with Gasteiger partial charge in [0.15, 0.2) is 0 Å². The maximum Gasteiger partial charge on any atom is 0.244 e. The number of methoxy groups -OCH3 is 1. The number of ether oxygens (including phenoxy) is 3. The number of hydrogen-bond donors (Lipinski definition) is 2. The van der Waals surface area contributed by atoms with E-state index in [0.29, 0.717) is 33.0 Å². The third-order valence-electron chi connectivity index (χ3n) is 5.04. The van der Waals surface area contributed by atoms with Gasteiger partial charge in [-0.15, -0.1) is 5.10 Å². The number of hydrogen-bond acceptors (Lipinski definition) is 6. The molecule has 1 aliphatic rings. The number of rotatable bonds is 5. The minimum atomic E-state index is -0.438. The number of aromatic amines is 1. The largest absolute Gasteiger partial charge is 0.496 e. The number of nitrogens with two attached hydrogens (primary N) is 1. The summed E-state index contributed by atoms with van der Waals surface area (Å²) in [6, 6.07) is 12.8. The van der Waals surface area contributed by atoms with Crippen molar-refractivity contribution in [3.63, 3.8) is 0 Å². The molecule has 0 amide bonds. The van der Waals surface area contributed by atoms with Crippen LogP contribution in [0.15, 0.2) is 47.9 Å². The van der Waals surface area contributed by atoms with Crippen molar-refractivity contribution in [2.24, 2.45) is 5.73 Å². The van der Waals surface area contributed by atoms with E-state index in [2.05, 4.69) is 16.3 Å². The molecule has 158 valence electrons. The predicted molar refractivity (Wildman–Crippen MR) is 116 cm³/mol. The van der Waals surface area contributed by atoms with Gasteiger partial charge in [0.25, 0.3) is 0 Å². The standard InChI is InChI=1S/C22H18Cl2N4O3/c1-11-19-20(15(9-25)21(26)31-22(19)28-27-11)12-3-6-17(29-2)13(7-12)10-30-18-8-14(23)4-5-16(18)24/h3-8,20H,10,26H2,1-2H3,(H,27,28)/t20-/m0/s1. The van der Waals surface area contributed by atoms with Gasteiger partial charge in [-0.25, -0.2) is 0 Å². The van der Waals surface area contributed by atoms with E-state index >= 15 is 0 Å². The average molecular weight is 457 g/mol. The van der Waals surface area contributed by atoms with Crippen LogP contribution < -0.4 is 19.9 Å². The zero-order chi connectivity index (χ0) is 22.1. The number of H-pyrrole nitrogens is 1. The normalized spacial score (nSPS) is 15.1. The molecule has 0 fully saturated rings. The number of halogens is 2. The summed E-state index contributed by atoms with van der Waals surface area (Å²) in [4.78, 5) is 0. The van der Waals surface area contributed by atoms with Crippen molar-refractivity contribution in [1.82, 2.24) is 10.2 Å². The number of allylic oxidation sites excluding steroid dienone is 1. The highest BCUT2D eigenvalue weighted by molar-refractivity contribution is 6.34. The third kappa shape index (κ3) is 3.88. The van der Waals surface area contributed by atoms with Crippen LogP contribution >= 0.6 is 23.2 Å². The topological polar surface area (TPSA) is 106 Å². The van der Waals surface area contributed by atoms with Crippen LogP contribution in [0.2, 0.25) is 10.0 Å². The SMILES string of the molecule is COc1ccc([C@H]2C(C#N)=C(N)Oc3n[nH]c(C)c32)cc1COc1cc(Cl)ccc1Cl. The Kier molecular flexibility index (Phi) is 5.68. The highest BCUT2D eigenvalue weighted by Gasteiger charge is 2.34. The summed E-state index contributed by atoms with van der Waals surface area (Å²) < 4.78 is 16.9. The molecular formula is C22H18Cl2N4O3. The number of nitrogens with zero attached hydrogens (tertiary/aromatic N) is 2. The zero-order valence-corrected chi connectivity index (χ0v) is 18.2. The minimum Gasteiger partial charge on any atom is -0.496 e. The van der Waals surface area contributed by atoms with Gasteiger partial charge in [-0.05, 0) is 36.8 Å². The van der Waals surface area contributed by atoms with Crippen molar-refractivity contribution in [2.45, 2.75) is 19.4 Å². The Bertz CT molecular complexity index is 1230. The molecule has 0 aliphatic carbocycles. The van der Waals surface area contributed by atoms with E-state index in [-0.39, 0.29) is 12.5 Å². The van der Waals surface area contributed by atoms with Gasteiger partial charge in [0.05, 0.1) is 18.1 Å². The molecule has 1 atom stereocenters. The van der Waals surface area contributed by atoms with Gasteiger partial charge in [-0.3, -0.25) is 5.10 Å². The molecule has 9 heteroatoms. The molecule has 0 bridgehead atoms. The number of aryl methyl sites for hydroxylation is 1. The van der Waals surface area contributed by atoms with E-state index in [0.717, 1.165) is 22.4 Å². The fourth-order valence-electron chi connectivity index (χ4n) is 3.57. The molecule has 4 rings (SSSR count). The summed E-state index contributed by atoms with van der Waals surface area (Å²) in [5.41, 5.74) is 9.46. The lowest BCUT2D eigenvalue weighted by Crippen LogP contribution is -2.21. The first kappa shape index (κ1) is 20.9. The van der Waals surface area contributed by atoms with Crippen molar-refractivity contribution < 1.29 is 14.2 Å². The molecule has 0 saturated carbocycles. The molecule has 0 saturated heterocycles. The Balaban J connectivity index is 1.74. The molecule has 1 aromatic heterocycles. The van der Waals surface area contributed by atoms with Gasteiger partial charge in [-0.1, -0.05) is 29.3 Å². The maximum absolute atomic E-state index is 9.75. The van der Waals surface area contributed by atoms with E-state index in [1.807, 2.05) is 25.1 Å². The first-order valence-corrected chi connectivity index (χ1v) is 10.1. The smallest absolute Gasteiger partial charge is 0.244 e. The van der Waals surface area contributed by atoms with Gasteiger partial charge in [0.1, 0.15) is 29.7 Å². The minimum absolute atomic E-state index is 0.0332. The molecule has 3 N–H and O–H groups in total. The van der Waals surface area contributed by atoms with Gasteiger partial charge in [0.2, 0.25) is 11.8 Å². The lowest BCUT2D eigenvalue weighted by atomic mass is 9.83. The fraction of sp³-hybridized carbons (Fsp3) is 0.182. The van der Waals surface area contributed by atoms with Crippen LogP contribution in [0, 0.1) is 18.3 Å². The monoisotopic (exact) mass is 456 g/mol. The lowest BCUT2D eigenvalue weighted by molar-refractivity contribution is 0.296. The Morgan fingerprint density at radius 2 is 2.03 bits per heavy atom. The summed E-state index contributed by atoms with van der Waals surface area (Å²) in [6.07, 6.45) is 0. The molecule has 2 aromatic carbocycles. The second-order valence-corrected chi connectivity index (χ2v) is 7.77. The summed E-state index contributed by atoms with van der Waals surface area (Å²) >= 11 is 12.3. The van der Waals surface area contributed by atoms with Gasteiger partial charge in [0, 0.05) is 27.9 Å². The van der Waals surface area contributed by atoms with Crippen molar-refractivity contribution in [3.05, 3.63) is 80.3 Å². The molecule has 0 unspecified atom stereocenters. The summed E-state index contributed by atoms with van der Waals surface area (Å²) in [6.45, 7) is 2.05. The van der Waals surface area contributed by atoms with Crippen LogP contribution in [0.25, 0.3) is 0 Å². The first-order valence-electron chi connectivity index (χ1n) is 9.30. The van der Waals surface area contributed by atoms with Crippen molar-refractivity contribution in [1.29, 1.82) is 5.26 Å². The third-order valence-corrected chi connectivity index (χ3v) is 5.59. The van der Waals surface area contributed by atoms with Crippen molar-refractivity contribution >= 4 is 23.2 Å². The quantitative estimate of drug-likeness (QED) is 0.569. The molecule has 31 heavy (non-hydrogen) atoms.